The molecule has 0 radical (unpaired) electrons. The number of nitriles is 1. The summed E-state index contributed by atoms with van der Waals surface area (Å²) in [4.78, 5) is 1.57. The number of anilines is 1. The average molecular weight is 182 g/mol. The molecule has 68 valence electrons. The molecule has 2 nitrogen and oxygen atoms in total. The van der Waals surface area contributed by atoms with E-state index < -0.39 is 0 Å². The fourth-order valence-electron chi connectivity index (χ4n) is 1.55. The van der Waals surface area contributed by atoms with E-state index in [1.165, 1.54) is 0 Å². The van der Waals surface area contributed by atoms with Crippen molar-refractivity contribution in [3.8, 4) is 6.19 Å². The molecule has 0 saturated carbocycles. The van der Waals surface area contributed by atoms with Crippen LogP contribution < -0.4 is 4.90 Å². The van der Waals surface area contributed by atoms with Crippen LogP contribution in [-0.2, 0) is 0 Å². The van der Waals surface area contributed by atoms with Gasteiger partial charge in [0, 0.05) is 12.4 Å². The summed E-state index contributed by atoms with van der Waals surface area (Å²) >= 11 is 0. The summed E-state index contributed by atoms with van der Waals surface area (Å²) in [5.41, 5.74) is 0.950. The second kappa shape index (κ2) is 3.39. The molecule has 2 aromatic carbocycles. The Balaban J connectivity index is 2.72. The van der Waals surface area contributed by atoms with Crippen molar-refractivity contribution in [3.05, 3.63) is 42.5 Å². The fourth-order valence-corrected chi connectivity index (χ4v) is 1.55. The van der Waals surface area contributed by atoms with Crippen LogP contribution >= 0.6 is 0 Å². The monoisotopic (exact) mass is 182 g/mol. The van der Waals surface area contributed by atoms with E-state index in [2.05, 4.69) is 6.19 Å². The van der Waals surface area contributed by atoms with E-state index in [1.807, 2.05) is 42.5 Å². The van der Waals surface area contributed by atoms with Gasteiger partial charge in [-0.15, -0.1) is 0 Å². The summed E-state index contributed by atoms with van der Waals surface area (Å²) < 4.78 is 0. The van der Waals surface area contributed by atoms with Crippen LogP contribution in [0.2, 0.25) is 0 Å². The van der Waals surface area contributed by atoms with E-state index in [1.54, 1.807) is 11.9 Å². The summed E-state index contributed by atoms with van der Waals surface area (Å²) in [5.74, 6) is 0. The molecule has 0 heterocycles. The van der Waals surface area contributed by atoms with Crippen LogP contribution in [-0.4, -0.2) is 7.05 Å². The van der Waals surface area contributed by atoms with Crippen LogP contribution in [0.25, 0.3) is 10.8 Å². The van der Waals surface area contributed by atoms with Gasteiger partial charge in [0.2, 0.25) is 0 Å². The number of rotatable bonds is 1. The normalized spacial score (nSPS) is 9.71. The van der Waals surface area contributed by atoms with Crippen molar-refractivity contribution >= 4 is 16.5 Å². The fraction of sp³-hybridized carbons (Fsp3) is 0.0833. The van der Waals surface area contributed by atoms with E-state index >= 15 is 0 Å². The topological polar surface area (TPSA) is 27.0 Å². The Kier molecular flexibility index (Phi) is 2.08. The number of fused-ring (bicyclic) bond motifs is 1. The highest BCUT2D eigenvalue weighted by Crippen LogP contribution is 2.24. The molecule has 0 aliphatic rings. The third kappa shape index (κ3) is 1.29. The summed E-state index contributed by atoms with van der Waals surface area (Å²) in [7, 11) is 1.77. The van der Waals surface area contributed by atoms with Crippen LogP contribution in [0.4, 0.5) is 5.69 Å². The zero-order chi connectivity index (χ0) is 9.97. The van der Waals surface area contributed by atoms with Gasteiger partial charge in [0.15, 0.2) is 6.19 Å². The van der Waals surface area contributed by atoms with Gasteiger partial charge in [0.05, 0.1) is 5.69 Å². The molecule has 0 atom stereocenters. The maximum atomic E-state index is 8.82. The van der Waals surface area contributed by atoms with Crippen LogP contribution in [0.5, 0.6) is 0 Å². The van der Waals surface area contributed by atoms with Crippen molar-refractivity contribution in [2.45, 2.75) is 0 Å². The summed E-state index contributed by atoms with van der Waals surface area (Å²) in [5, 5.41) is 11.1. The van der Waals surface area contributed by atoms with E-state index in [0.717, 1.165) is 16.5 Å². The molecular weight excluding hydrogens is 172 g/mol. The van der Waals surface area contributed by atoms with Crippen LogP contribution in [0, 0.1) is 11.5 Å². The highest BCUT2D eigenvalue weighted by molar-refractivity contribution is 5.94. The zero-order valence-corrected chi connectivity index (χ0v) is 7.94. The van der Waals surface area contributed by atoms with Gasteiger partial charge in [-0.05, 0) is 11.5 Å². The van der Waals surface area contributed by atoms with Crippen LogP contribution in [0.1, 0.15) is 0 Å². The SMILES string of the molecule is CN(C#N)c1cccc2ccccc12. The van der Waals surface area contributed by atoms with Gasteiger partial charge >= 0.3 is 0 Å². The Hall–Kier alpha value is -2.01. The smallest absolute Gasteiger partial charge is 0.184 e. The van der Waals surface area contributed by atoms with Crippen molar-refractivity contribution < 1.29 is 0 Å². The zero-order valence-electron chi connectivity index (χ0n) is 7.94. The molecule has 0 aromatic heterocycles. The van der Waals surface area contributed by atoms with Gasteiger partial charge in [0.25, 0.3) is 0 Å². The van der Waals surface area contributed by atoms with Crippen molar-refractivity contribution in [1.82, 2.24) is 0 Å². The van der Waals surface area contributed by atoms with Gasteiger partial charge in [-0.1, -0.05) is 36.4 Å². The molecule has 14 heavy (non-hydrogen) atoms. The molecule has 0 N–H and O–H groups in total. The van der Waals surface area contributed by atoms with E-state index in [0.29, 0.717) is 0 Å². The molecule has 0 aliphatic heterocycles. The quantitative estimate of drug-likeness (QED) is 0.501. The molecule has 0 bridgehead atoms. The first-order chi connectivity index (χ1) is 6.83. The first kappa shape index (κ1) is 8.58. The van der Waals surface area contributed by atoms with Crippen molar-refractivity contribution in [2.75, 3.05) is 11.9 Å². The molecule has 0 unspecified atom stereocenters. The van der Waals surface area contributed by atoms with Gasteiger partial charge in [-0.25, -0.2) is 0 Å². The number of hydrogen-bond donors (Lipinski definition) is 0. The van der Waals surface area contributed by atoms with Gasteiger partial charge in [-0.2, -0.15) is 5.26 Å². The third-order valence-corrected chi connectivity index (χ3v) is 2.28. The molecule has 2 heteroatoms. The standard InChI is InChI=1S/C12H10N2/c1-14(9-13)12-8-4-6-10-5-2-3-7-11(10)12/h2-8H,1H3. The number of hydrogen-bond acceptors (Lipinski definition) is 2. The minimum atomic E-state index is 0.950. The lowest BCUT2D eigenvalue weighted by atomic mass is 10.1. The highest BCUT2D eigenvalue weighted by Gasteiger charge is 2.03. The Labute approximate surface area is 83.0 Å². The maximum absolute atomic E-state index is 8.82. The lowest BCUT2D eigenvalue weighted by Gasteiger charge is -2.11. The Morgan fingerprint density at radius 2 is 1.79 bits per heavy atom. The first-order valence-electron chi connectivity index (χ1n) is 4.44. The van der Waals surface area contributed by atoms with Crippen molar-refractivity contribution in [1.29, 1.82) is 5.26 Å². The van der Waals surface area contributed by atoms with Gasteiger partial charge in [-0.3, -0.25) is 4.90 Å². The predicted octanol–water partition coefficient (Wildman–Crippen LogP) is 2.76. The minimum absolute atomic E-state index is 0.950. The van der Waals surface area contributed by atoms with E-state index in [4.69, 9.17) is 5.26 Å². The Morgan fingerprint density at radius 1 is 1.07 bits per heavy atom. The summed E-state index contributed by atoms with van der Waals surface area (Å²) in [6.07, 6.45) is 2.11. The average Bonchev–Trinajstić information content (AvgIpc) is 2.27. The molecule has 2 aromatic rings. The molecule has 0 aliphatic carbocycles. The summed E-state index contributed by atoms with van der Waals surface area (Å²) in [6.45, 7) is 0. The lowest BCUT2D eigenvalue weighted by Crippen LogP contribution is -2.08. The van der Waals surface area contributed by atoms with E-state index in [-0.39, 0.29) is 0 Å². The van der Waals surface area contributed by atoms with E-state index in [9.17, 15) is 0 Å². The molecule has 2 rings (SSSR count). The number of nitrogens with zero attached hydrogens (tertiary/aromatic N) is 2. The Morgan fingerprint density at radius 3 is 2.57 bits per heavy atom. The minimum Gasteiger partial charge on any atom is -0.282 e. The Bertz CT molecular complexity index is 492. The first-order valence-corrected chi connectivity index (χ1v) is 4.44. The largest absolute Gasteiger partial charge is 0.282 e. The maximum Gasteiger partial charge on any atom is 0.184 e. The second-order valence-electron chi connectivity index (χ2n) is 3.16. The van der Waals surface area contributed by atoms with Crippen molar-refractivity contribution in [2.24, 2.45) is 0 Å². The molecule has 0 saturated heterocycles. The van der Waals surface area contributed by atoms with Crippen LogP contribution in [0.15, 0.2) is 42.5 Å². The molecule has 0 fully saturated rings. The predicted molar refractivity (Wildman–Crippen MR) is 58.0 cm³/mol. The summed E-state index contributed by atoms with van der Waals surface area (Å²) in [6, 6.07) is 14.0. The molecule has 0 spiro atoms. The second-order valence-corrected chi connectivity index (χ2v) is 3.16. The van der Waals surface area contributed by atoms with Gasteiger partial charge in [0.1, 0.15) is 0 Å². The number of benzene rings is 2. The molecular formula is C12H10N2. The molecule has 0 amide bonds. The highest BCUT2D eigenvalue weighted by atomic mass is 15.1. The lowest BCUT2D eigenvalue weighted by molar-refractivity contribution is 1.22. The third-order valence-electron chi connectivity index (χ3n) is 2.28. The van der Waals surface area contributed by atoms with Crippen molar-refractivity contribution in [3.63, 3.8) is 0 Å². The van der Waals surface area contributed by atoms with Gasteiger partial charge < -0.3 is 0 Å². The van der Waals surface area contributed by atoms with Crippen LogP contribution in [0.3, 0.4) is 0 Å².